The van der Waals surface area contributed by atoms with Gasteiger partial charge in [-0.2, -0.15) is 4.37 Å². The van der Waals surface area contributed by atoms with E-state index in [1.165, 1.54) is 44.9 Å². The Morgan fingerprint density at radius 2 is 2.00 bits per heavy atom. The summed E-state index contributed by atoms with van der Waals surface area (Å²) in [6, 6.07) is 0.625. The van der Waals surface area contributed by atoms with Crippen molar-refractivity contribution >= 4 is 16.7 Å². The van der Waals surface area contributed by atoms with Crippen LogP contribution in [0.15, 0.2) is 0 Å². The Morgan fingerprint density at radius 3 is 2.82 bits per heavy atom. The number of anilines is 1. The van der Waals surface area contributed by atoms with Gasteiger partial charge >= 0.3 is 0 Å². The molecule has 1 aromatic rings. The largest absolute Gasteiger partial charge is 0.358 e. The number of aromatic nitrogens is 2. The molecule has 2 saturated carbocycles. The van der Waals surface area contributed by atoms with Crippen LogP contribution in [0.2, 0.25) is 0 Å². The van der Waals surface area contributed by atoms with Gasteiger partial charge in [-0.25, -0.2) is 4.98 Å². The second kappa shape index (κ2) is 4.92. The Hall–Kier alpha value is -0.640. The summed E-state index contributed by atoms with van der Waals surface area (Å²) < 4.78 is 4.45. The molecule has 0 amide bonds. The third-order valence-corrected chi connectivity index (χ3v) is 4.63. The van der Waals surface area contributed by atoms with E-state index in [0.717, 1.165) is 16.9 Å². The minimum atomic E-state index is 0.625. The van der Waals surface area contributed by atoms with Crippen LogP contribution in [-0.2, 0) is 0 Å². The van der Waals surface area contributed by atoms with E-state index in [9.17, 15) is 0 Å². The maximum absolute atomic E-state index is 4.61. The van der Waals surface area contributed by atoms with Crippen LogP contribution in [0.3, 0.4) is 0 Å². The fraction of sp³-hybridized carbons (Fsp3) is 0.846. The Kier molecular flexibility index (Phi) is 3.32. The van der Waals surface area contributed by atoms with Crippen molar-refractivity contribution < 1.29 is 0 Å². The molecule has 2 atom stereocenters. The lowest BCUT2D eigenvalue weighted by atomic mass is 10.0. The highest BCUT2D eigenvalue weighted by Gasteiger charge is 2.28. The highest BCUT2D eigenvalue weighted by molar-refractivity contribution is 7.09. The van der Waals surface area contributed by atoms with E-state index in [4.69, 9.17) is 0 Å². The highest BCUT2D eigenvalue weighted by atomic mass is 32.1. The lowest BCUT2D eigenvalue weighted by Crippen LogP contribution is -2.18. The van der Waals surface area contributed by atoms with Gasteiger partial charge < -0.3 is 5.32 Å². The Labute approximate surface area is 107 Å². The fourth-order valence-corrected chi connectivity index (χ4v) is 3.33. The summed E-state index contributed by atoms with van der Waals surface area (Å²) in [5, 5.41) is 4.64. The molecule has 94 valence electrons. The van der Waals surface area contributed by atoms with Crippen molar-refractivity contribution in [2.75, 3.05) is 5.32 Å². The monoisotopic (exact) mass is 251 g/mol. The molecule has 3 rings (SSSR count). The van der Waals surface area contributed by atoms with Crippen molar-refractivity contribution in [1.29, 1.82) is 0 Å². The summed E-state index contributed by atoms with van der Waals surface area (Å²) in [5.41, 5.74) is 0. The average molecular weight is 251 g/mol. The van der Waals surface area contributed by atoms with Crippen LogP contribution in [0.1, 0.15) is 63.6 Å². The maximum atomic E-state index is 4.61. The molecule has 1 heterocycles. The first-order valence-corrected chi connectivity index (χ1v) is 7.69. The van der Waals surface area contributed by atoms with E-state index in [1.807, 2.05) is 0 Å². The maximum Gasteiger partial charge on any atom is 0.202 e. The fourth-order valence-electron chi connectivity index (χ4n) is 2.61. The van der Waals surface area contributed by atoms with E-state index in [0.29, 0.717) is 12.0 Å². The standard InChI is InChI=1S/C13H21N3S/c1-9-3-2-4-11(8-5-9)14-13-15-12(16-17-13)10-6-7-10/h9-11H,2-8H2,1H3,(H,14,15,16). The zero-order valence-electron chi connectivity index (χ0n) is 10.5. The lowest BCUT2D eigenvalue weighted by Gasteiger charge is -2.14. The van der Waals surface area contributed by atoms with Crippen LogP contribution in [-0.4, -0.2) is 15.4 Å². The smallest absolute Gasteiger partial charge is 0.202 e. The predicted molar refractivity (Wildman–Crippen MR) is 71.5 cm³/mol. The van der Waals surface area contributed by atoms with Crippen molar-refractivity contribution in [3.8, 4) is 0 Å². The second-order valence-corrected chi connectivity index (χ2v) is 6.44. The van der Waals surface area contributed by atoms with Crippen LogP contribution in [0.25, 0.3) is 0 Å². The molecule has 2 unspecified atom stereocenters. The van der Waals surface area contributed by atoms with Gasteiger partial charge in [0.25, 0.3) is 0 Å². The van der Waals surface area contributed by atoms with Crippen molar-refractivity contribution in [3.05, 3.63) is 5.82 Å². The second-order valence-electron chi connectivity index (χ2n) is 5.69. The van der Waals surface area contributed by atoms with Crippen molar-refractivity contribution in [1.82, 2.24) is 9.36 Å². The number of rotatable bonds is 3. The molecule has 0 aliphatic heterocycles. The Bertz CT molecular complexity index is 372. The first-order valence-electron chi connectivity index (χ1n) is 6.91. The minimum Gasteiger partial charge on any atom is -0.358 e. The van der Waals surface area contributed by atoms with Gasteiger partial charge in [-0.1, -0.05) is 19.8 Å². The van der Waals surface area contributed by atoms with Gasteiger partial charge in [0, 0.05) is 23.5 Å². The molecule has 0 bridgehead atoms. The van der Waals surface area contributed by atoms with Crippen LogP contribution in [0.4, 0.5) is 5.13 Å². The molecule has 2 aliphatic carbocycles. The first-order chi connectivity index (χ1) is 8.31. The van der Waals surface area contributed by atoms with Gasteiger partial charge in [-0.05, 0) is 38.0 Å². The minimum absolute atomic E-state index is 0.625. The first kappa shape index (κ1) is 11.5. The molecule has 0 spiro atoms. The van der Waals surface area contributed by atoms with Crippen molar-refractivity contribution in [2.24, 2.45) is 5.92 Å². The summed E-state index contributed by atoms with van der Waals surface area (Å²) in [4.78, 5) is 4.61. The molecule has 2 fully saturated rings. The topological polar surface area (TPSA) is 37.8 Å². The molecule has 1 N–H and O–H groups in total. The van der Waals surface area contributed by atoms with Gasteiger partial charge in [0.1, 0.15) is 5.82 Å². The van der Waals surface area contributed by atoms with Crippen LogP contribution >= 0.6 is 11.5 Å². The van der Waals surface area contributed by atoms with Gasteiger partial charge in [0.05, 0.1) is 0 Å². The van der Waals surface area contributed by atoms with Gasteiger partial charge in [-0.15, -0.1) is 0 Å². The highest BCUT2D eigenvalue weighted by Crippen LogP contribution is 2.39. The zero-order valence-corrected chi connectivity index (χ0v) is 11.3. The molecule has 1 aromatic heterocycles. The number of nitrogens with zero attached hydrogens (tertiary/aromatic N) is 2. The lowest BCUT2D eigenvalue weighted by molar-refractivity contribution is 0.502. The molecule has 0 aromatic carbocycles. The summed E-state index contributed by atoms with van der Waals surface area (Å²) in [7, 11) is 0. The summed E-state index contributed by atoms with van der Waals surface area (Å²) in [5.74, 6) is 2.66. The molecule has 0 radical (unpaired) electrons. The molecule has 4 heteroatoms. The summed E-state index contributed by atoms with van der Waals surface area (Å²) >= 11 is 1.55. The molecule has 0 saturated heterocycles. The normalized spacial score (nSPS) is 29.9. The van der Waals surface area contributed by atoms with E-state index in [1.54, 1.807) is 11.5 Å². The number of nitrogens with one attached hydrogen (secondary N) is 1. The molecule has 17 heavy (non-hydrogen) atoms. The Morgan fingerprint density at radius 1 is 1.12 bits per heavy atom. The van der Waals surface area contributed by atoms with Gasteiger partial charge in [-0.3, -0.25) is 0 Å². The molecular formula is C13H21N3S. The SMILES string of the molecule is CC1CCCC(Nc2nc(C3CC3)ns2)CC1. The quantitative estimate of drug-likeness (QED) is 0.830. The summed E-state index contributed by atoms with van der Waals surface area (Å²) in [6.45, 7) is 2.37. The number of hydrogen-bond donors (Lipinski definition) is 1. The number of hydrogen-bond acceptors (Lipinski definition) is 4. The van der Waals surface area contributed by atoms with Crippen LogP contribution < -0.4 is 5.32 Å². The van der Waals surface area contributed by atoms with E-state index in [2.05, 4.69) is 21.6 Å². The van der Waals surface area contributed by atoms with Crippen molar-refractivity contribution in [3.63, 3.8) is 0 Å². The third-order valence-electron chi connectivity index (χ3n) is 3.97. The van der Waals surface area contributed by atoms with Gasteiger partial charge in [0.15, 0.2) is 0 Å². The zero-order chi connectivity index (χ0) is 11.7. The van der Waals surface area contributed by atoms with Crippen LogP contribution in [0, 0.1) is 5.92 Å². The third kappa shape index (κ3) is 2.97. The van der Waals surface area contributed by atoms with E-state index in [-0.39, 0.29) is 0 Å². The molecule has 3 nitrogen and oxygen atoms in total. The van der Waals surface area contributed by atoms with E-state index < -0.39 is 0 Å². The van der Waals surface area contributed by atoms with E-state index >= 15 is 0 Å². The van der Waals surface area contributed by atoms with Crippen molar-refractivity contribution in [2.45, 2.75) is 63.8 Å². The average Bonchev–Trinajstić information content (AvgIpc) is 3.09. The van der Waals surface area contributed by atoms with Gasteiger partial charge in [0.2, 0.25) is 5.13 Å². The molecular weight excluding hydrogens is 230 g/mol. The Balaban J connectivity index is 1.57. The summed E-state index contributed by atoms with van der Waals surface area (Å²) in [6.07, 6.45) is 9.26. The van der Waals surface area contributed by atoms with Crippen LogP contribution in [0.5, 0.6) is 0 Å². The molecule has 2 aliphatic rings. The predicted octanol–water partition coefficient (Wildman–Crippen LogP) is 3.80.